The molecule has 0 amide bonds. The average Bonchev–Trinajstić information content (AvgIpc) is 2.85. The largest absolute Gasteiger partial charge is 0.351 e. The first kappa shape index (κ1) is 13.1. The highest BCUT2D eigenvalue weighted by Gasteiger charge is 2.06. The summed E-state index contributed by atoms with van der Waals surface area (Å²) in [6, 6.07) is 10.4. The summed E-state index contributed by atoms with van der Waals surface area (Å²) in [6.07, 6.45) is 2.58. The van der Waals surface area contributed by atoms with E-state index in [1.807, 2.05) is 19.2 Å². The number of nitrogens with zero attached hydrogens (tertiary/aromatic N) is 3. The smallest absolute Gasteiger partial charge is 0.186 e. The second-order valence-electron chi connectivity index (χ2n) is 3.92. The fraction of sp³-hybridized carbons (Fsp3) is 0.231. The molecule has 1 heterocycles. The summed E-state index contributed by atoms with van der Waals surface area (Å²) in [6.45, 7) is 0.884. The van der Waals surface area contributed by atoms with Crippen molar-refractivity contribution in [1.82, 2.24) is 4.98 Å². The van der Waals surface area contributed by atoms with Crippen LogP contribution < -0.4 is 4.90 Å². The van der Waals surface area contributed by atoms with Crippen LogP contribution in [0.5, 0.6) is 0 Å². The highest BCUT2D eigenvalue weighted by molar-refractivity contribution is 9.10. The van der Waals surface area contributed by atoms with Gasteiger partial charge >= 0.3 is 0 Å². The molecule has 0 fully saturated rings. The lowest BCUT2D eigenvalue weighted by atomic mass is 10.1. The van der Waals surface area contributed by atoms with Crippen molar-refractivity contribution in [3.05, 3.63) is 45.4 Å². The number of hydrogen-bond acceptors (Lipinski definition) is 4. The van der Waals surface area contributed by atoms with Gasteiger partial charge in [-0.3, -0.25) is 0 Å². The van der Waals surface area contributed by atoms with Crippen LogP contribution in [0.25, 0.3) is 0 Å². The van der Waals surface area contributed by atoms with Gasteiger partial charge in [-0.25, -0.2) is 4.98 Å². The highest BCUT2D eigenvalue weighted by Crippen LogP contribution is 2.21. The van der Waals surface area contributed by atoms with Gasteiger partial charge < -0.3 is 4.90 Å². The maximum Gasteiger partial charge on any atom is 0.186 e. The second kappa shape index (κ2) is 5.98. The van der Waals surface area contributed by atoms with E-state index in [0.29, 0.717) is 4.88 Å². The summed E-state index contributed by atoms with van der Waals surface area (Å²) >= 11 is 4.89. The quantitative estimate of drug-likeness (QED) is 0.865. The summed E-state index contributed by atoms with van der Waals surface area (Å²) in [7, 11) is 2.00. The number of hydrogen-bond donors (Lipinski definition) is 0. The van der Waals surface area contributed by atoms with Crippen LogP contribution in [0.3, 0.4) is 0 Å². The van der Waals surface area contributed by atoms with Gasteiger partial charge in [0.25, 0.3) is 0 Å². The lowest BCUT2D eigenvalue weighted by Crippen LogP contribution is -2.19. The van der Waals surface area contributed by atoms with Crippen LogP contribution in [0.4, 0.5) is 5.13 Å². The Hall–Kier alpha value is -1.38. The molecule has 1 aromatic heterocycles. The van der Waals surface area contributed by atoms with Gasteiger partial charge in [0.15, 0.2) is 5.13 Å². The molecular formula is C13H12BrN3S. The predicted octanol–water partition coefficient (Wildman–Crippen LogP) is 3.46. The Morgan fingerprint density at radius 3 is 3.00 bits per heavy atom. The molecule has 2 aromatic rings. The second-order valence-corrected chi connectivity index (χ2v) is 5.85. The maximum atomic E-state index is 8.77. The molecule has 0 unspecified atom stereocenters. The van der Waals surface area contributed by atoms with Crippen molar-refractivity contribution in [2.75, 3.05) is 18.5 Å². The fourth-order valence-corrected chi connectivity index (χ4v) is 2.72. The Bertz CT molecular complexity index is 574. The third-order valence-electron chi connectivity index (χ3n) is 2.56. The molecule has 18 heavy (non-hydrogen) atoms. The van der Waals surface area contributed by atoms with Crippen LogP contribution in [-0.2, 0) is 6.42 Å². The van der Waals surface area contributed by atoms with Gasteiger partial charge in [0.1, 0.15) is 10.9 Å². The summed E-state index contributed by atoms with van der Waals surface area (Å²) in [5, 5.41) is 9.66. The number of rotatable bonds is 4. The van der Waals surface area contributed by atoms with Crippen LogP contribution >= 0.6 is 27.3 Å². The molecular weight excluding hydrogens is 310 g/mol. The van der Waals surface area contributed by atoms with E-state index in [2.05, 4.69) is 44.0 Å². The molecule has 0 saturated carbocycles. The molecule has 0 aliphatic carbocycles. The normalized spacial score (nSPS) is 10.1. The molecule has 92 valence electrons. The number of nitriles is 1. The van der Waals surface area contributed by atoms with Crippen molar-refractivity contribution >= 4 is 32.4 Å². The molecule has 0 N–H and O–H groups in total. The third kappa shape index (κ3) is 3.31. The zero-order valence-electron chi connectivity index (χ0n) is 9.93. The first-order valence-electron chi connectivity index (χ1n) is 5.50. The Balaban J connectivity index is 1.96. The van der Waals surface area contributed by atoms with Crippen LogP contribution in [0.15, 0.2) is 34.9 Å². The minimum Gasteiger partial charge on any atom is -0.351 e. The number of aromatic nitrogens is 1. The molecule has 0 spiro atoms. The Labute approximate surface area is 119 Å². The van der Waals surface area contributed by atoms with E-state index in [-0.39, 0.29) is 0 Å². The van der Waals surface area contributed by atoms with Gasteiger partial charge in [-0.2, -0.15) is 5.26 Å². The summed E-state index contributed by atoms with van der Waals surface area (Å²) in [4.78, 5) is 6.96. The van der Waals surface area contributed by atoms with E-state index in [4.69, 9.17) is 5.26 Å². The molecule has 1 aromatic carbocycles. The van der Waals surface area contributed by atoms with E-state index in [0.717, 1.165) is 22.6 Å². The summed E-state index contributed by atoms with van der Waals surface area (Å²) in [5.74, 6) is 0. The van der Waals surface area contributed by atoms with Crippen LogP contribution in [0.1, 0.15) is 10.4 Å². The molecule has 5 heteroatoms. The topological polar surface area (TPSA) is 39.9 Å². The number of thiazole rings is 1. The standard InChI is InChI=1S/C13H12BrN3S/c1-17(13-16-9-12(8-15)18-13)6-5-10-3-2-4-11(14)7-10/h2-4,7,9H,5-6H2,1H3. The van der Waals surface area contributed by atoms with Crippen molar-refractivity contribution in [3.8, 4) is 6.07 Å². The van der Waals surface area contributed by atoms with Crippen molar-refractivity contribution in [2.24, 2.45) is 0 Å². The Kier molecular flexibility index (Phi) is 4.34. The van der Waals surface area contributed by atoms with Gasteiger partial charge in [-0.05, 0) is 24.1 Å². The van der Waals surface area contributed by atoms with E-state index < -0.39 is 0 Å². The van der Waals surface area contributed by atoms with Crippen LogP contribution in [0, 0.1) is 11.3 Å². The minimum atomic E-state index is 0.652. The van der Waals surface area contributed by atoms with E-state index in [1.54, 1.807) is 6.20 Å². The number of anilines is 1. The van der Waals surface area contributed by atoms with E-state index >= 15 is 0 Å². The maximum absolute atomic E-state index is 8.77. The minimum absolute atomic E-state index is 0.652. The van der Waals surface area contributed by atoms with E-state index in [1.165, 1.54) is 16.9 Å². The summed E-state index contributed by atoms with van der Waals surface area (Å²) < 4.78 is 1.10. The first-order valence-corrected chi connectivity index (χ1v) is 7.11. The SMILES string of the molecule is CN(CCc1cccc(Br)c1)c1ncc(C#N)s1. The molecule has 0 aliphatic rings. The molecule has 0 aliphatic heterocycles. The van der Waals surface area contributed by atoms with Crippen LogP contribution in [0.2, 0.25) is 0 Å². The molecule has 2 rings (SSSR count). The summed E-state index contributed by atoms with van der Waals surface area (Å²) in [5.41, 5.74) is 1.29. The Morgan fingerprint density at radius 1 is 1.50 bits per heavy atom. The highest BCUT2D eigenvalue weighted by atomic mass is 79.9. The van der Waals surface area contributed by atoms with Crippen LogP contribution in [-0.4, -0.2) is 18.6 Å². The lowest BCUT2D eigenvalue weighted by molar-refractivity contribution is 0.871. The lowest BCUT2D eigenvalue weighted by Gasteiger charge is -2.15. The number of benzene rings is 1. The van der Waals surface area contributed by atoms with Crippen molar-refractivity contribution < 1.29 is 0 Å². The van der Waals surface area contributed by atoms with Gasteiger partial charge in [-0.1, -0.05) is 39.4 Å². The number of halogens is 1. The molecule has 3 nitrogen and oxygen atoms in total. The van der Waals surface area contributed by atoms with Gasteiger partial charge in [0, 0.05) is 18.1 Å². The van der Waals surface area contributed by atoms with Gasteiger partial charge in [-0.15, -0.1) is 0 Å². The fourth-order valence-electron chi connectivity index (χ4n) is 1.58. The van der Waals surface area contributed by atoms with Gasteiger partial charge in [0.2, 0.25) is 0 Å². The average molecular weight is 322 g/mol. The van der Waals surface area contributed by atoms with Crippen molar-refractivity contribution in [1.29, 1.82) is 5.26 Å². The molecule has 0 atom stereocenters. The number of likely N-dealkylation sites (N-methyl/N-ethyl adjacent to an activating group) is 1. The Morgan fingerprint density at radius 2 is 2.33 bits per heavy atom. The van der Waals surface area contributed by atoms with E-state index in [9.17, 15) is 0 Å². The molecule has 0 bridgehead atoms. The van der Waals surface area contributed by atoms with Crippen molar-refractivity contribution in [2.45, 2.75) is 6.42 Å². The monoisotopic (exact) mass is 321 g/mol. The van der Waals surface area contributed by atoms with Gasteiger partial charge in [0.05, 0.1) is 6.20 Å². The molecule has 0 radical (unpaired) electrons. The zero-order valence-corrected chi connectivity index (χ0v) is 12.3. The molecule has 0 saturated heterocycles. The predicted molar refractivity (Wildman–Crippen MR) is 77.9 cm³/mol. The zero-order chi connectivity index (χ0) is 13.0. The first-order chi connectivity index (χ1) is 8.69. The third-order valence-corrected chi connectivity index (χ3v) is 4.06. The van der Waals surface area contributed by atoms with Crippen molar-refractivity contribution in [3.63, 3.8) is 0 Å².